The van der Waals surface area contributed by atoms with Gasteiger partial charge in [-0.3, -0.25) is 9.59 Å². The second-order valence-corrected chi connectivity index (χ2v) is 5.06. The zero-order chi connectivity index (χ0) is 17.8. The predicted molar refractivity (Wildman–Crippen MR) is 91.1 cm³/mol. The van der Waals surface area contributed by atoms with Crippen LogP contribution in [0, 0.1) is 0 Å². The number of H-pyrrole nitrogens is 1. The molecule has 2 amide bonds. The van der Waals surface area contributed by atoms with Crippen LogP contribution in [-0.2, 0) is 9.59 Å². The van der Waals surface area contributed by atoms with Crippen molar-refractivity contribution in [3.63, 3.8) is 0 Å². The average molecular weight is 338 g/mol. The molecule has 2 aromatic carbocycles. The molecule has 25 heavy (non-hydrogen) atoms. The number of hydrogen-bond donors (Lipinski definition) is 3. The van der Waals surface area contributed by atoms with Gasteiger partial charge in [-0.15, -0.1) is 10.2 Å². The van der Waals surface area contributed by atoms with Gasteiger partial charge in [0.2, 0.25) is 5.88 Å². The summed E-state index contributed by atoms with van der Waals surface area (Å²) in [6.07, 6.45) is 0. The van der Waals surface area contributed by atoms with Crippen LogP contribution in [-0.4, -0.2) is 29.0 Å². The molecule has 0 aliphatic heterocycles. The van der Waals surface area contributed by atoms with Gasteiger partial charge < -0.3 is 20.1 Å². The molecule has 0 bridgehead atoms. The Labute approximate surface area is 142 Å². The monoisotopic (exact) mass is 338 g/mol. The number of methoxy groups -OCH3 is 1. The summed E-state index contributed by atoms with van der Waals surface area (Å²) in [5, 5.41) is 19.9. The molecule has 126 valence electrons. The van der Waals surface area contributed by atoms with E-state index in [9.17, 15) is 14.7 Å². The van der Waals surface area contributed by atoms with Crippen LogP contribution < -0.4 is 10.1 Å². The third-order valence-corrected chi connectivity index (χ3v) is 3.44. The molecule has 0 fully saturated rings. The Morgan fingerprint density at radius 3 is 2.56 bits per heavy atom. The van der Waals surface area contributed by atoms with Gasteiger partial charge in [0.1, 0.15) is 5.75 Å². The van der Waals surface area contributed by atoms with Gasteiger partial charge in [0.05, 0.1) is 12.6 Å². The van der Waals surface area contributed by atoms with Crippen molar-refractivity contribution in [1.82, 2.24) is 4.98 Å². The van der Waals surface area contributed by atoms with E-state index >= 15 is 0 Å². The minimum atomic E-state index is -1.08. The number of aromatic nitrogens is 1. The van der Waals surface area contributed by atoms with Gasteiger partial charge in [0.25, 0.3) is 0 Å². The Morgan fingerprint density at radius 1 is 1.12 bits per heavy atom. The van der Waals surface area contributed by atoms with Gasteiger partial charge in [-0.1, -0.05) is 18.2 Å². The smallest absolute Gasteiger partial charge is 0.353 e. The number of amides is 2. The van der Waals surface area contributed by atoms with E-state index in [0.717, 1.165) is 0 Å². The molecule has 1 aromatic heterocycles. The number of rotatable bonds is 3. The second kappa shape index (κ2) is 6.83. The number of aromatic hydroxyl groups is 1. The van der Waals surface area contributed by atoms with Crippen molar-refractivity contribution in [2.24, 2.45) is 10.2 Å². The first-order chi connectivity index (χ1) is 12.1. The van der Waals surface area contributed by atoms with Crippen LogP contribution in [0.5, 0.6) is 11.6 Å². The highest BCUT2D eigenvalue weighted by Crippen LogP contribution is 2.35. The first kappa shape index (κ1) is 16.2. The minimum Gasteiger partial charge on any atom is -0.497 e. The lowest BCUT2D eigenvalue weighted by Crippen LogP contribution is -2.20. The summed E-state index contributed by atoms with van der Waals surface area (Å²) >= 11 is 0. The zero-order valence-corrected chi connectivity index (χ0v) is 13.2. The Kier molecular flexibility index (Phi) is 4.42. The fourth-order valence-corrected chi connectivity index (χ4v) is 2.21. The van der Waals surface area contributed by atoms with E-state index in [-0.39, 0.29) is 11.6 Å². The van der Waals surface area contributed by atoms with Crippen LogP contribution in [0.1, 0.15) is 0 Å². The molecule has 0 unspecified atom stereocenters. The molecule has 3 N–H and O–H groups in total. The third-order valence-electron chi connectivity index (χ3n) is 3.44. The second-order valence-electron chi connectivity index (χ2n) is 5.06. The number of ether oxygens (including phenoxy) is 1. The molecular weight excluding hydrogens is 324 g/mol. The fourth-order valence-electron chi connectivity index (χ4n) is 2.21. The maximum absolute atomic E-state index is 11.9. The summed E-state index contributed by atoms with van der Waals surface area (Å²) in [6.45, 7) is 0. The Morgan fingerprint density at radius 2 is 1.84 bits per heavy atom. The first-order valence-corrected chi connectivity index (χ1v) is 7.29. The maximum atomic E-state index is 11.9. The molecule has 0 saturated carbocycles. The average Bonchev–Trinajstić information content (AvgIpc) is 2.95. The number of fused-ring (bicyclic) bond motifs is 1. The zero-order valence-electron chi connectivity index (χ0n) is 13.2. The van der Waals surface area contributed by atoms with E-state index in [0.29, 0.717) is 22.3 Å². The molecule has 0 radical (unpaired) electrons. The van der Waals surface area contributed by atoms with E-state index in [1.807, 2.05) is 0 Å². The van der Waals surface area contributed by atoms with E-state index in [4.69, 9.17) is 4.74 Å². The molecule has 0 aliphatic carbocycles. The number of aromatic amines is 1. The molecule has 1 heterocycles. The number of anilines is 1. The largest absolute Gasteiger partial charge is 0.497 e. The Hall–Kier alpha value is -3.68. The topological polar surface area (TPSA) is 116 Å². The number of nitrogens with one attached hydrogen (secondary N) is 2. The Bertz CT molecular complexity index is 960. The number of nitrogens with zero attached hydrogens (tertiary/aromatic N) is 2. The van der Waals surface area contributed by atoms with Crippen molar-refractivity contribution < 1.29 is 19.4 Å². The molecule has 8 heteroatoms. The summed E-state index contributed by atoms with van der Waals surface area (Å²) < 4.78 is 5.01. The maximum Gasteiger partial charge on any atom is 0.353 e. The highest BCUT2D eigenvalue weighted by molar-refractivity contribution is 6.40. The normalized spacial score (nSPS) is 10.9. The molecule has 0 saturated heterocycles. The van der Waals surface area contributed by atoms with Gasteiger partial charge in [0, 0.05) is 11.1 Å². The van der Waals surface area contributed by atoms with Gasteiger partial charge in [-0.05, 0) is 30.3 Å². The number of carbonyl (C=O) groups excluding carboxylic acids is 2. The lowest BCUT2D eigenvalue weighted by atomic mass is 10.2. The first-order valence-electron chi connectivity index (χ1n) is 7.29. The SMILES string of the molecule is COc1ccc(NC(=O)C(=O)N=Nc2c(O)[nH]c3ccccc23)cc1. The van der Waals surface area contributed by atoms with Crippen LogP contribution in [0.2, 0.25) is 0 Å². The van der Waals surface area contributed by atoms with Crippen molar-refractivity contribution >= 4 is 34.1 Å². The van der Waals surface area contributed by atoms with Gasteiger partial charge in [-0.2, -0.15) is 0 Å². The Balaban J connectivity index is 1.73. The van der Waals surface area contributed by atoms with Crippen molar-refractivity contribution in [2.75, 3.05) is 12.4 Å². The number of azo groups is 1. The van der Waals surface area contributed by atoms with Crippen LogP contribution >= 0.6 is 0 Å². The lowest BCUT2D eigenvalue weighted by molar-refractivity contribution is -0.134. The van der Waals surface area contributed by atoms with Crippen LogP contribution in [0.3, 0.4) is 0 Å². The summed E-state index contributed by atoms with van der Waals surface area (Å²) in [6, 6.07) is 13.5. The number of hydrogen-bond acceptors (Lipinski definition) is 5. The van der Waals surface area contributed by atoms with E-state index in [2.05, 4.69) is 20.5 Å². The lowest BCUT2D eigenvalue weighted by Gasteiger charge is -2.03. The fraction of sp³-hybridized carbons (Fsp3) is 0.0588. The van der Waals surface area contributed by atoms with Gasteiger partial charge >= 0.3 is 11.8 Å². The highest BCUT2D eigenvalue weighted by atomic mass is 16.5. The molecule has 0 spiro atoms. The van der Waals surface area contributed by atoms with E-state index in [1.165, 1.54) is 7.11 Å². The number of carbonyl (C=O) groups is 2. The van der Waals surface area contributed by atoms with Crippen LogP contribution in [0.15, 0.2) is 58.8 Å². The van der Waals surface area contributed by atoms with Crippen molar-refractivity contribution in [1.29, 1.82) is 0 Å². The molecule has 0 atom stereocenters. The number of benzene rings is 2. The van der Waals surface area contributed by atoms with E-state index < -0.39 is 11.8 Å². The van der Waals surface area contributed by atoms with E-state index in [1.54, 1.807) is 48.5 Å². The van der Waals surface area contributed by atoms with Crippen molar-refractivity contribution in [2.45, 2.75) is 0 Å². The highest BCUT2D eigenvalue weighted by Gasteiger charge is 2.15. The van der Waals surface area contributed by atoms with Crippen molar-refractivity contribution in [3.8, 4) is 11.6 Å². The van der Waals surface area contributed by atoms with Crippen molar-refractivity contribution in [3.05, 3.63) is 48.5 Å². The summed E-state index contributed by atoms with van der Waals surface area (Å²) in [4.78, 5) is 26.4. The third kappa shape index (κ3) is 3.47. The molecule has 3 rings (SSSR count). The van der Waals surface area contributed by atoms with Gasteiger partial charge in [-0.25, -0.2) is 0 Å². The summed E-state index contributed by atoms with van der Waals surface area (Å²) in [7, 11) is 1.53. The van der Waals surface area contributed by atoms with Crippen LogP contribution in [0.4, 0.5) is 11.4 Å². The summed E-state index contributed by atoms with van der Waals surface area (Å²) in [5.41, 5.74) is 1.16. The minimum absolute atomic E-state index is 0.0983. The quantitative estimate of drug-likeness (QED) is 0.502. The standard InChI is InChI=1S/C17H14N4O4/c1-25-11-8-6-10(7-9-11)18-16(23)17(24)21-20-14-12-4-2-3-5-13(12)19-15(14)22/h2-9,19,22H,1H3,(H,18,23). The summed E-state index contributed by atoms with van der Waals surface area (Å²) in [5.74, 6) is -1.62. The number of para-hydroxylation sites is 1. The molecule has 8 nitrogen and oxygen atoms in total. The van der Waals surface area contributed by atoms with Crippen LogP contribution in [0.25, 0.3) is 10.9 Å². The predicted octanol–water partition coefficient (Wildman–Crippen LogP) is 3.13. The van der Waals surface area contributed by atoms with Gasteiger partial charge in [0.15, 0.2) is 5.69 Å². The molecule has 3 aromatic rings. The molecule has 0 aliphatic rings. The molecular formula is C17H14N4O4.